The number of hydrogen-bond acceptors (Lipinski definition) is 3. The van der Waals surface area contributed by atoms with E-state index in [-0.39, 0.29) is 11.8 Å². The number of benzene rings is 1. The molecule has 0 amide bonds. The van der Waals surface area contributed by atoms with Gasteiger partial charge < -0.3 is 5.73 Å². The van der Waals surface area contributed by atoms with Gasteiger partial charge in [0.05, 0.1) is 12.6 Å². The summed E-state index contributed by atoms with van der Waals surface area (Å²) in [5.74, 6) is 0.167. The second-order valence-corrected chi connectivity index (χ2v) is 5.10. The van der Waals surface area contributed by atoms with Gasteiger partial charge in [-0.05, 0) is 37.9 Å². The van der Waals surface area contributed by atoms with Crippen LogP contribution in [0.5, 0.6) is 0 Å². The van der Waals surface area contributed by atoms with Crippen molar-refractivity contribution in [3.63, 3.8) is 0 Å². The Morgan fingerprint density at radius 2 is 1.83 bits per heavy atom. The topological polar surface area (TPSA) is 46.3 Å². The fourth-order valence-corrected chi connectivity index (χ4v) is 2.44. The van der Waals surface area contributed by atoms with Gasteiger partial charge in [0, 0.05) is 0 Å². The maximum atomic E-state index is 12.0. The van der Waals surface area contributed by atoms with Gasteiger partial charge in [-0.1, -0.05) is 36.8 Å². The van der Waals surface area contributed by atoms with Crippen molar-refractivity contribution < 1.29 is 4.79 Å². The highest BCUT2D eigenvalue weighted by atomic mass is 16.1. The molecule has 98 valence electrons. The van der Waals surface area contributed by atoms with Crippen molar-refractivity contribution in [2.75, 3.05) is 19.6 Å². The fourth-order valence-electron chi connectivity index (χ4n) is 2.44. The summed E-state index contributed by atoms with van der Waals surface area (Å²) in [6.45, 7) is 2.61. The Hall–Kier alpha value is -1.19. The highest BCUT2D eigenvalue weighted by Crippen LogP contribution is 2.09. The number of likely N-dealkylation sites (tertiary alicyclic amines) is 1. The SMILES string of the molecule is NC(Cc1ccccc1)C(=O)CN1CCCCC1. The molecular formula is C15H22N2O. The van der Waals surface area contributed by atoms with Crippen molar-refractivity contribution >= 4 is 5.78 Å². The third kappa shape index (κ3) is 3.93. The van der Waals surface area contributed by atoms with Gasteiger partial charge in [0.25, 0.3) is 0 Å². The van der Waals surface area contributed by atoms with Crippen molar-refractivity contribution in [2.45, 2.75) is 31.7 Å². The molecular weight excluding hydrogens is 224 g/mol. The van der Waals surface area contributed by atoms with E-state index >= 15 is 0 Å². The zero-order valence-corrected chi connectivity index (χ0v) is 10.8. The van der Waals surface area contributed by atoms with Crippen molar-refractivity contribution in [2.24, 2.45) is 5.73 Å². The van der Waals surface area contributed by atoms with E-state index in [9.17, 15) is 4.79 Å². The Morgan fingerprint density at radius 3 is 2.50 bits per heavy atom. The average Bonchev–Trinajstić information content (AvgIpc) is 2.41. The maximum Gasteiger partial charge on any atom is 0.163 e. The van der Waals surface area contributed by atoms with Crippen molar-refractivity contribution in [1.29, 1.82) is 0 Å². The van der Waals surface area contributed by atoms with Crippen molar-refractivity contribution in [3.05, 3.63) is 35.9 Å². The summed E-state index contributed by atoms with van der Waals surface area (Å²) in [7, 11) is 0. The molecule has 2 rings (SSSR count). The van der Waals surface area contributed by atoms with Gasteiger partial charge >= 0.3 is 0 Å². The Morgan fingerprint density at radius 1 is 1.17 bits per heavy atom. The van der Waals surface area contributed by atoms with Crippen LogP contribution in [0.2, 0.25) is 0 Å². The van der Waals surface area contributed by atoms with Crippen LogP contribution in [0, 0.1) is 0 Å². The van der Waals surface area contributed by atoms with Gasteiger partial charge in [0.2, 0.25) is 0 Å². The molecule has 0 saturated carbocycles. The molecule has 1 aliphatic heterocycles. The normalized spacial score (nSPS) is 18.5. The lowest BCUT2D eigenvalue weighted by atomic mass is 10.0. The van der Waals surface area contributed by atoms with E-state index in [1.54, 1.807) is 0 Å². The molecule has 1 aliphatic rings. The van der Waals surface area contributed by atoms with Crippen LogP contribution in [0.15, 0.2) is 30.3 Å². The van der Waals surface area contributed by atoms with Gasteiger partial charge in [-0.3, -0.25) is 9.69 Å². The largest absolute Gasteiger partial charge is 0.321 e. The number of carbonyl (C=O) groups is 1. The van der Waals surface area contributed by atoms with Crippen LogP contribution in [0.25, 0.3) is 0 Å². The Kier molecular flexibility index (Phi) is 4.90. The van der Waals surface area contributed by atoms with E-state index in [4.69, 9.17) is 5.73 Å². The van der Waals surface area contributed by atoms with E-state index < -0.39 is 0 Å². The lowest BCUT2D eigenvalue weighted by Crippen LogP contribution is -2.42. The van der Waals surface area contributed by atoms with E-state index in [1.165, 1.54) is 19.3 Å². The number of carbonyl (C=O) groups excluding carboxylic acids is 1. The average molecular weight is 246 g/mol. The first kappa shape index (κ1) is 13.2. The fraction of sp³-hybridized carbons (Fsp3) is 0.533. The number of hydrogen-bond donors (Lipinski definition) is 1. The molecule has 1 heterocycles. The highest BCUT2D eigenvalue weighted by molar-refractivity contribution is 5.85. The summed E-state index contributed by atoms with van der Waals surface area (Å²) >= 11 is 0. The number of nitrogens with zero attached hydrogens (tertiary/aromatic N) is 1. The molecule has 1 aromatic carbocycles. The van der Waals surface area contributed by atoms with E-state index in [2.05, 4.69) is 4.90 Å². The third-order valence-corrected chi connectivity index (χ3v) is 3.54. The predicted molar refractivity (Wildman–Crippen MR) is 73.4 cm³/mol. The van der Waals surface area contributed by atoms with Crippen LogP contribution < -0.4 is 5.73 Å². The number of Topliss-reactive ketones (excluding diaryl/α,β-unsaturated/α-hetero) is 1. The Balaban J connectivity index is 1.81. The second kappa shape index (κ2) is 6.66. The maximum absolute atomic E-state index is 12.0. The Bertz CT molecular complexity index is 371. The first-order chi connectivity index (χ1) is 8.75. The van der Waals surface area contributed by atoms with Gasteiger partial charge in [-0.2, -0.15) is 0 Å². The van der Waals surface area contributed by atoms with Crippen molar-refractivity contribution in [3.8, 4) is 0 Å². The summed E-state index contributed by atoms with van der Waals surface area (Å²) < 4.78 is 0. The summed E-state index contributed by atoms with van der Waals surface area (Å²) in [6, 6.07) is 9.62. The third-order valence-electron chi connectivity index (χ3n) is 3.54. The van der Waals surface area contributed by atoms with Crippen LogP contribution in [-0.4, -0.2) is 36.4 Å². The van der Waals surface area contributed by atoms with Crippen LogP contribution in [0.4, 0.5) is 0 Å². The highest BCUT2D eigenvalue weighted by Gasteiger charge is 2.19. The predicted octanol–water partition coefficient (Wildman–Crippen LogP) is 1.61. The van der Waals surface area contributed by atoms with Crippen molar-refractivity contribution in [1.82, 2.24) is 4.90 Å². The molecule has 2 N–H and O–H groups in total. The summed E-state index contributed by atoms with van der Waals surface area (Å²) in [4.78, 5) is 14.3. The number of rotatable bonds is 5. The molecule has 1 saturated heterocycles. The first-order valence-electron chi connectivity index (χ1n) is 6.80. The lowest BCUT2D eigenvalue weighted by molar-refractivity contribution is -0.121. The van der Waals surface area contributed by atoms with Gasteiger partial charge in [-0.25, -0.2) is 0 Å². The number of nitrogens with two attached hydrogens (primary N) is 1. The van der Waals surface area contributed by atoms with Crippen LogP contribution in [0.3, 0.4) is 0 Å². The molecule has 18 heavy (non-hydrogen) atoms. The van der Waals surface area contributed by atoms with Crippen LogP contribution >= 0.6 is 0 Å². The smallest absolute Gasteiger partial charge is 0.163 e. The molecule has 1 fully saturated rings. The summed E-state index contributed by atoms with van der Waals surface area (Å²) in [5.41, 5.74) is 7.13. The molecule has 3 nitrogen and oxygen atoms in total. The summed E-state index contributed by atoms with van der Waals surface area (Å²) in [6.07, 6.45) is 4.36. The van der Waals surface area contributed by atoms with E-state index in [0.29, 0.717) is 13.0 Å². The standard InChI is InChI=1S/C15H22N2O/c16-14(11-13-7-3-1-4-8-13)15(18)12-17-9-5-2-6-10-17/h1,3-4,7-8,14H,2,5-6,9-12,16H2. The number of ketones is 1. The summed E-state index contributed by atoms with van der Waals surface area (Å²) in [5, 5.41) is 0. The molecule has 0 spiro atoms. The molecule has 1 aromatic rings. The molecule has 0 aromatic heterocycles. The molecule has 0 aliphatic carbocycles. The van der Waals surface area contributed by atoms with Gasteiger partial charge in [0.1, 0.15) is 0 Å². The van der Waals surface area contributed by atoms with Crippen LogP contribution in [-0.2, 0) is 11.2 Å². The van der Waals surface area contributed by atoms with Gasteiger partial charge in [0.15, 0.2) is 5.78 Å². The van der Waals surface area contributed by atoms with E-state index in [0.717, 1.165) is 18.7 Å². The van der Waals surface area contributed by atoms with Gasteiger partial charge in [-0.15, -0.1) is 0 Å². The lowest BCUT2D eigenvalue weighted by Gasteiger charge is -2.26. The van der Waals surface area contributed by atoms with Crippen LogP contribution in [0.1, 0.15) is 24.8 Å². The first-order valence-corrected chi connectivity index (χ1v) is 6.80. The quantitative estimate of drug-likeness (QED) is 0.858. The zero-order valence-electron chi connectivity index (χ0n) is 10.8. The number of piperidine rings is 1. The monoisotopic (exact) mass is 246 g/mol. The minimum atomic E-state index is -0.366. The minimum absolute atomic E-state index is 0.167. The molecule has 1 unspecified atom stereocenters. The van der Waals surface area contributed by atoms with E-state index in [1.807, 2.05) is 30.3 Å². The molecule has 3 heteroatoms. The molecule has 0 radical (unpaired) electrons. The molecule has 0 bridgehead atoms. The zero-order chi connectivity index (χ0) is 12.8. The Labute approximate surface area is 109 Å². The second-order valence-electron chi connectivity index (χ2n) is 5.10. The molecule has 1 atom stereocenters. The minimum Gasteiger partial charge on any atom is -0.321 e.